The molecular formula is C10H15N3O. The van der Waals surface area contributed by atoms with Crippen molar-refractivity contribution in [1.29, 1.82) is 5.41 Å². The number of amidine groups is 1. The fraction of sp³-hybridized carbons (Fsp3) is 0.500. The van der Waals surface area contributed by atoms with E-state index in [-0.39, 0.29) is 5.84 Å². The fourth-order valence-corrected chi connectivity index (χ4v) is 1.76. The number of anilines is 1. The number of hydrogen-bond acceptors (Lipinski definition) is 3. The molecule has 1 aliphatic heterocycles. The zero-order chi connectivity index (χ0) is 9.97. The monoisotopic (exact) mass is 193 g/mol. The summed E-state index contributed by atoms with van der Waals surface area (Å²) < 4.78 is 5.46. The van der Waals surface area contributed by atoms with Crippen molar-refractivity contribution < 1.29 is 4.42 Å². The second kappa shape index (κ2) is 3.74. The van der Waals surface area contributed by atoms with E-state index in [2.05, 4.69) is 4.90 Å². The molecule has 3 N–H and O–H groups in total. The lowest BCUT2D eigenvalue weighted by atomic mass is 10.1. The first-order chi connectivity index (χ1) is 6.77. The van der Waals surface area contributed by atoms with E-state index in [0.29, 0.717) is 5.76 Å². The van der Waals surface area contributed by atoms with Crippen molar-refractivity contribution in [3.05, 3.63) is 17.9 Å². The van der Waals surface area contributed by atoms with Gasteiger partial charge in [0, 0.05) is 19.2 Å². The van der Waals surface area contributed by atoms with Gasteiger partial charge < -0.3 is 15.1 Å². The highest BCUT2D eigenvalue weighted by Gasteiger charge is 2.14. The van der Waals surface area contributed by atoms with E-state index in [4.69, 9.17) is 15.6 Å². The summed E-state index contributed by atoms with van der Waals surface area (Å²) in [6.07, 6.45) is 3.74. The van der Waals surface area contributed by atoms with Gasteiger partial charge in [0.25, 0.3) is 0 Å². The quantitative estimate of drug-likeness (QED) is 0.553. The standard InChI is InChI=1S/C10H15N3O/c11-10(12)8-4-5-9(14-8)13-6-2-1-3-7-13/h4-5H,1-3,6-7H2,(H3,11,12). The van der Waals surface area contributed by atoms with Crippen LogP contribution >= 0.6 is 0 Å². The molecule has 0 atom stereocenters. The predicted octanol–water partition coefficient (Wildman–Crippen LogP) is 1.55. The summed E-state index contributed by atoms with van der Waals surface area (Å²) in [6, 6.07) is 3.65. The molecular weight excluding hydrogens is 178 g/mol. The highest BCUT2D eigenvalue weighted by atomic mass is 16.4. The van der Waals surface area contributed by atoms with Crippen LogP contribution in [-0.4, -0.2) is 18.9 Å². The molecule has 76 valence electrons. The molecule has 0 unspecified atom stereocenters. The van der Waals surface area contributed by atoms with Crippen LogP contribution in [0.1, 0.15) is 25.0 Å². The normalized spacial score (nSPS) is 17.0. The van der Waals surface area contributed by atoms with Gasteiger partial charge in [-0.25, -0.2) is 0 Å². The van der Waals surface area contributed by atoms with Gasteiger partial charge in [-0.3, -0.25) is 5.41 Å². The molecule has 1 aromatic rings. The van der Waals surface area contributed by atoms with E-state index >= 15 is 0 Å². The highest BCUT2D eigenvalue weighted by molar-refractivity contribution is 5.92. The van der Waals surface area contributed by atoms with Crippen molar-refractivity contribution in [2.24, 2.45) is 5.73 Å². The number of nitrogens with two attached hydrogens (primary N) is 1. The maximum absolute atomic E-state index is 7.23. The van der Waals surface area contributed by atoms with Crippen molar-refractivity contribution in [2.45, 2.75) is 19.3 Å². The van der Waals surface area contributed by atoms with Gasteiger partial charge in [0.05, 0.1) is 0 Å². The van der Waals surface area contributed by atoms with Crippen LogP contribution < -0.4 is 10.6 Å². The molecule has 1 saturated heterocycles. The van der Waals surface area contributed by atoms with Crippen LogP contribution in [0.15, 0.2) is 16.5 Å². The lowest BCUT2D eigenvalue weighted by Crippen LogP contribution is -2.28. The molecule has 1 aliphatic rings. The minimum absolute atomic E-state index is 0.00624. The molecule has 14 heavy (non-hydrogen) atoms. The van der Waals surface area contributed by atoms with Gasteiger partial charge in [-0.2, -0.15) is 0 Å². The average molecular weight is 193 g/mol. The minimum atomic E-state index is -0.00624. The summed E-state index contributed by atoms with van der Waals surface area (Å²) in [7, 11) is 0. The molecule has 1 aromatic heterocycles. The molecule has 2 heterocycles. The number of nitrogen functional groups attached to an aromatic ring is 1. The van der Waals surface area contributed by atoms with Gasteiger partial charge >= 0.3 is 0 Å². The van der Waals surface area contributed by atoms with Gasteiger partial charge in [-0.15, -0.1) is 0 Å². The Kier molecular flexibility index (Phi) is 2.43. The summed E-state index contributed by atoms with van der Waals surface area (Å²) >= 11 is 0. The maximum atomic E-state index is 7.23. The Bertz CT molecular complexity index is 326. The zero-order valence-corrected chi connectivity index (χ0v) is 8.12. The van der Waals surface area contributed by atoms with Crippen LogP contribution in [0.3, 0.4) is 0 Å². The molecule has 4 heteroatoms. The molecule has 0 radical (unpaired) electrons. The zero-order valence-electron chi connectivity index (χ0n) is 8.12. The Hall–Kier alpha value is -1.45. The van der Waals surface area contributed by atoms with Crippen molar-refractivity contribution in [3.8, 4) is 0 Å². The average Bonchev–Trinajstić information content (AvgIpc) is 2.68. The van der Waals surface area contributed by atoms with Crippen LogP contribution in [-0.2, 0) is 0 Å². The summed E-state index contributed by atoms with van der Waals surface area (Å²) in [5.41, 5.74) is 5.33. The van der Waals surface area contributed by atoms with Crippen molar-refractivity contribution in [1.82, 2.24) is 0 Å². The number of nitrogens with one attached hydrogen (secondary N) is 1. The van der Waals surface area contributed by atoms with Gasteiger partial charge in [-0.1, -0.05) is 0 Å². The predicted molar refractivity (Wildman–Crippen MR) is 55.8 cm³/mol. The van der Waals surface area contributed by atoms with E-state index < -0.39 is 0 Å². The van der Waals surface area contributed by atoms with E-state index in [1.807, 2.05) is 6.07 Å². The molecule has 0 saturated carbocycles. The van der Waals surface area contributed by atoms with Crippen LogP contribution in [0, 0.1) is 5.41 Å². The molecule has 1 fully saturated rings. The molecule has 0 aromatic carbocycles. The van der Waals surface area contributed by atoms with Gasteiger partial charge in [0.15, 0.2) is 17.5 Å². The summed E-state index contributed by atoms with van der Waals surface area (Å²) in [5.74, 6) is 1.30. The number of furan rings is 1. The third-order valence-corrected chi connectivity index (χ3v) is 2.53. The Morgan fingerprint density at radius 2 is 2.00 bits per heavy atom. The van der Waals surface area contributed by atoms with Crippen LogP contribution in [0.5, 0.6) is 0 Å². The van der Waals surface area contributed by atoms with Crippen LogP contribution in [0.2, 0.25) is 0 Å². The highest BCUT2D eigenvalue weighted by Crippen LogP contribution is 2.21. The van der Waals surface area contributed by atoms with Gasteiger partial charge in [-0.05, 0) is 25.3 Å². The number of rotatable bonds is 2. The van der Waals surface area contributed by atoms with Crippen LogP contribution in [0.4, 0.5) is 5.88 Å². The number of hydrogen-bond donors (Lipinski definition) is 2. The first-order valence-electron chi connectivity index (χ1n) is 4.96. The third kappa shape index (κ3) is 1.73. The third-order valence-electron chi connectivity index (χ3n) is 2.53. The summed E-state index contributed by atoms with van der Waals surface area (Å²) in [6.45, 7) is 2.09. The Morgan fingerprint density at radius 3 is 2.57 bits per heavy atom. The molecule has 2 rings (SSSR count). The Balaban J connectivity index is 2.11. The molecule has 0 aliphatic carbocycles. The van der Waals surface area contributed by atoms with Crippen molar-refractivity contribution in [3.63, 3.8) is 0 Å². The first-order valence-corrected chi connectivity index (χ1v) is 4.96. The van der Waals surface area contributed by atoms with Crippen molar-refractivity contribution >= 4 is 11.7 Å². The fourth-order valence-electron chi connectivity index (χ4n) is 1.76. The smallest absolute Gasteiger partial charge is 0.196 e. The number of piperidine rings is 1. The second-order valence-electron chi connectivity index (χ2n) is 3.60. The summed E-state index contributed by atoms with van der Waals surface area (Å²) in [5, 5.41) is 7.23. The Labute approximate surface area is 83.2 Å². The van der Waals surface area contributed by atoms with Gasteiger partial charge in [0.2, 0.25) is 0 Å². The molecule has 0 amide bonds. The lowest BCUT2D eigenvalue weighted by Gasteiger charge is -2.25. The minimum Gasteiger partial charge on any atom is -0.437 e. The van der Waals surface area contributed by atoms with E-state index in [9.17, 15) is 0 Å². The topological polar surface area (TPSA) is 66.2 Å². The van der Waals surface area contributed by atoms with Crippen molar-refractivity contribution in [2.75, 3.05) is 18.0 Å². The first kappa shape index (κ1) is 9.12. The van der Waals surface area contributed by atoms with Gasteiger partial charge in [0.1, 0.15) is 0 Å². The largest absolute Gasteiger partial charge is 0.437 e. The van der Waals surface area contributed by atoms with E-state index in [1.165, 1.54) is 19.3 Å². The Morgan fingerprint density at radius 1 is 1.29 bits per heavy atom. The van der Waals surface area contributed by atoms with E-state index in [0.717, 1.165) is 19.0 Å². The SMILES string of the molecule is N=C(N)c1ccc(N2CCCCC2)o1. The van der Waals surface area contributed by atoms with Crippen LogP contribution in [0.25, 0.3) is 0 Å². The maximum Gasteiger partial charge on any atom is 0.196 e. The molecule has 0 spiro atoms. The number of nitrogens with zero attached hydrogens (tertiary/aromatic N) is 1. The second-order valence-corrected chi connectivity index (χ2v) is 3.60. The lowest BCUT2D eigenvalue weighted by molar-refractivity contribution is 0.495. The molecule has 0 bridgehead atoms. The van der Waals surface area contributed by atoms with E-state index in [1.54, 1.807) is 6.07 Å². The molecule has 4 nitrogen and oxygen atoms in total. The summed E-state index contributed by atoms with van der Waals surface area (Å²) in [4.78, 5) is 2.20.